The summed E-state index contributed by atoms with van der Waals surface area (Å²) in [5.74, 6) is -1.84. The van der Waals surface area contributed by atoms with E-state index in [0.717, 1.165) is 5.56 Å². The van der Waals surface area contributed by atoms with Crippen LogP contribution in [0.15, 0.2) is 78.9 Å². The molecule has 0 saturated carbocycles. The van der Waals surface area contributed by atoms with Crippen molar-refractivity contribution < 1.29 is 19.2 Å². The zero-order chi connectivity index (χ0) is 25.7. The van der Waals surface area contributed by atoms with Crippen LogP contribution in [0.1, 0.15) is 34.6 Å². The topological polar surface area (TPSA) is 129 Å². The summed E-state index contributed by atoms with van der Waals surface area (Å²) in [4.78, 5) is 53.6. The number of carbonyl (C=O) groups excluding carboxylic acids is 4. The number of fused-ring (bicyclic) bond motifs is 1. The molecule has 1 aromatic heterocycles. The summed E-state index contributed by atoms with van der Waals surface area (Å²) >= 11 is 0. The van der Waals surface area contributed by atoms with Gasteiger partial charge in [-0.15, -0.1) is 0 Å². The van der Waals surface area contributed by atoms with Gasteiger partial charge in [0, 0.05) is 41.7 Å². The first-order chi connectivity index (χ1) is 17.3. The van der Waals surface area contributed by atoms with Gasteiger partial charge < -0.3 is 10.6 Å². The van der Waals surface area contributed by atoms with Gasteiger partial charge in [0.1, 0.15) is 0 Å². The van der Waals surface area contributed by atoms with Gasteiger partial charge in [-0.2, -0.15) is 0 Å². The summed E-state index contributed by atoms with van der Waals surface area (Å²) in [5.41, 5.74) is 8.04. The molecule has 0 radical (unpaired) electrons. The zero-order valence-corrected chi connectivity index (χ0v) is 19.6. The number of anilines is 2. The Hall–Kier alpha value is -5.05. The van der Waals surface area contributed by atoms with Crippen molar-refractivity contribution in [2.45, 2.75) is 13.8 Å². The third-order valence-corrected chi connectivity index (χ3v) is 5.16. The fraction of sp³-hybridized carbons (Fsp3) is 0.0741. The SMILES string of the molecule is CC(=O)Nc1cc(NC(C)=O)cc(C(=O)NNC(=O)c2cc(-c3ccccc3)nc3ccccc23)c1. The van der Waals surface area contributed by atoms with Crippen molar-refractivity contribution in [1.82, 2.24) is 15.8 Å². The lowest BCUT2D eigenvalue weighted by Gasteiger charge is -2.13. The summed E-state index contributed by atoms with van der Waals surface area (Å²) in [7, 11) is 0. The van der Waals surface area contributed by atoms with Crippen LogP contribution in [0, 0.1) is 0 Å². The first-order valence-electron chi connectivity index (χ1n) is 11.1. The predicted molar refractivity (Wildman–Crippen MR) is 137 cm³/mol. The monoisotopic (exact) mass is 481 g/mol. The van der Waals surface area contributed by atoms with E-state index in [0.29, 0.717) is 33.5 Å². The molecule has 1 heterocycles. The van der Waals surface area contributed by atoms with Gasteiger partial charge >= 0.3 is 0 Å². The van der Waals surface area contributed by atoms with Gasteiger partial charge in [-0.3, -0.25) is 30.0 Å². The molecule has 4 amide bonds. The van der Waals surface area contributed by atoms with Gasteiger partial charge in [-0.1, -0.05) is 48.5 Å². The van der Waals surface area contributed by atoms with Gasteiger partial charge in [0.05, 0.1) is 16.8 Å². The molecular formula is C27H23N5O4. The van der Waals surface area contributed by atoms with Crippen molar-refractivity contribution in [3.05, 3.63) is 90.0 Å². The summed E-state index contributed by atoms with van der Waals surface area (Å²) in [6.45, 7) is 2.65. The van der Waals surface area contributed by atoms with Crippen LogP contribution in [0.25, 0.3) is 22.2 Å². The molecule has 180 valence electrons. The molecule has 4 N–H and O–H groups in total. The lowest BCUT2D eigenvalue weighted by atomic mass is 10.0. The minimum Gasteiger partial charge on any atom is -0.326 e. The van der Waals surface area contributed by atoms with Crippen molar-refractivity contribution >= 4 is 45.9 Å². The standard InChI is InChI=1S/C27H23N5O4/c1-16(33)28-20-12-19(13-21(14-20)29-17(2)34)26(35)31-32-27(36)23-15-25(18-8-4-3-5-9-18)30-24-11-7-6-10-22(23)24/h3-15H,1-2H3,(H,28,33)(H,29,34)(H,31,35)(H,32,36). The molecule has 9 heteroatoms. The number of carbonyl (C=O) groups is 4. The van der Waals surface area contributed by atoms with Crippen LogP contribution in [0.2, 0.25) is 0 Å². The molecule has 4 aromatic rings. The summed E-state index contributed by atoms with van der Waals surface area (Å²) in [5, 5.41) is 5.79. The second-order valence-electron chi connectivity index (χ2n) is 8.01. The number of rotatable bonds is 5. The molecule has 0 saturated heterocycles. The molecule has 36 heavy (non-hydrogen) atoms. The average Bonchev–Trinajstić information content (AvgIpc) is 2.86. The Kier molecular flexibility index (Phi) is 7.01. The Morgan fingerprint density at radius 1 is 0.667 bits per heavy atom. The third kappa shape index (κ3) is 5.71. The maximum Gasteiger partial charge on any atom is 0.270 e. The maximum absolute atomic E-state index is 13.1. The minimum absolute atomic E-state index is 0.120. The van der Waals surface area contributed by atoms with Crippen molar-refractivity contribution in [1.29, 1.82) is 0 Å². The second-order valence-corrected chi connectivity index (χ2v) is 8.01. The van der Waals surface area contributed by atoms with E-state index in [2.05, 4.69) is 26.5 Å². The Morgan fingerprint density at radius 2 is 1.25 bits per heavy atom. The van der Waals surface area contributed by atoms with Crippen molar-refractivity contribution in [2.75, 3.05) is 10.6 Å². The molecular weight excluding hydrogens is 458 g/mol. The van der Waals surface area contributed by atoms with E-state index in [9.17, 15) is 19.2 Å². The van der Waals surface area contributed by atoms with Crippen LogP contribution in [0.4, 0.5) is 11.4 Å². The van der Waals surface area contributed by atoms with Crippen molar-refractivity contribution in [2.24, 2.45) is 0 Å². The van der Waals surface area contributed by atoms with E-state index in [1.54, 1.807) is 18.2 Å². The first-order valence-corrected chi connectivity index (χ1v) is 11.1. The predicted octanol–water partition coefficient (Wildman–Crippen LogP) is 3.89. The molecule has 0 aliphatic rings. The number of benzene rings is 3. The molecule has 3 aromatic carbocycles. The number of amides is 4. The van der Waals surface area contributed by atoms with Crippen LogP contribution in [-0.2, 0) is 9.59 Å². The molecule has 0 fully saturated rings. The fourth-order valence-corrected chi connectivity index (χ4v) is 3.68. The smallest absolute Gasteiger partial charge is 0.270 e. The first kappa shape index (κ1) is 24.1. The molecule has 4 rings (SSSR count). The van der Waals surface area contributed by atoms with E-state index in [1.165, 1.54) is 32.0 Å². The molecule has 0 unspecified atom stereocenters. The Bertz CT molecular complexity index is 1450. The number of hydrazine groups is 1. The van der Waals surface area contributed by atoms with E-state index < -0.39 is 11.8 Å². The van der Waals surface area contributed by atoms with Gasteiger partial charge in [0.15, 0.2) is 0 Å². The third-order valence-electron chi connectivity index (χ3n) is 5.16. The number of nitrogens with zero attached hydrogens (tertiary/aromatic N) is 1. The van der Waals surface area contributed by atoms with Gasteiger partial charge in [-0.05, 0) is 30.3 Å². The highest BCUT2D eigenvalue weighted by molar-refractivity contribution is 6.08. The lowest BCUT2D eigenvalue weighted by Crippen LogP contribution is -2.41. The summed E-state index contributed by atoms with van der Waals surface area (Å²) in [6.07, 6.45) is 0. The lowest BCUT2D eigenvalue weighted by molar-refractivity contribution is -0.115. The highest BCUT2D eigenvalue weighted by atomic mass is 16.2. The molecule has 0 bridgehead atoms. The van der Waals surface area contributed by atoms with Gasteiger partial charge in [-0.25, -0.2) is 4.98 Å². The number of para-hydroxylation sites is 1. The maximum atomic E-state index is 13.1. The Labute approximate surface area is 206 Å². The number of hydrogen-bond donors (Lipinski definition) is 4. The van der Waals surface area contributed by atoms with Gasteiger partial charge in [0.2, 0.25) is 11.8 Å². The van der Waals surface area contributed by atoms with Crippen LogP contribution < -0.4 is 21.5 Å². The Balaban J connectivity index is 1.59. The number of hydrogen-bond acceptors (Lipinski definition) is 5. The average molecular weight is 482 g/mol. The number of pyridine rings is 1. The summed E-state index contributed by atoms with van der Waals surface area (Å²) < 4.78 is 0. The molecule has 9 nitrogen and oxygen atoms in total. The zero-order valence-electron chi connectivity index (χ0n) is 19.6. The van der Waals surface area contributed by atoms with Crippen LogP contribution in [0.5, 0.6) is 0 Å². The van der Waals surface area contributed by atoms with E-state index in [-0.39, 0.29) is 17.4 Å². The minimum atomic E-state index is -0.635. The highest BCUT2D eigenvalue weighted by Gasteiger charge is 2.16. The quantitative estimate of drug-likeness (QED) is 0.321. The normalized spacial score (nSPS) is 10.4. The highest BCUT2D eigenvalue weighted by Crippen LogP contribution is 2.25. The van der Waals surface area contributed by atoms with E-state index in [4.69, 9.17) is 0 Å². The van der Waals surface area contributed by atoms with Crippen LogP contribution >= 0.6 is 0 Å². The molecule has 0 spiro atoms. The second kappa shape index (κ2) is 10.5. The molecule has 0 aliphatic heterocycles. The number of aromatic nitrogens is 1. The van der Waals surface area contributed by atoms with Crippen LogP contribution in [-0.4, -0.2) is 28.6 Å². The van der Waals surface area contributed by atoms with E-state index in [1.807, 2.05) is 42.5 Å². The molecule has 0 atom stereocenters. The number of nitrogens with one attached hydrogen (secondary N) is 4. The summed E-state index contributed by atoms with van der Waals surface area (Å²) in [6, 6.07) is 22.8. The van der Waals surface area contributed by atoms with E-state index >= 15 is 0 Å². The van der Waals surface area contributed by atoms with Crippen LogP contribution in [0.3, 0.4) is 0 Å². The Morgan fingerprint density at radius 3 is 1.89 bits per heavy atom. The van der Waals surface area contributed by atoms with Crippen molar-refractivity contribution in [3.8, 4) is 11.3 Å². The fourth-order valence-electron chi connectivity index (χ4n) is 3.68. The van der Waals surface area contributed by atoms with Crippen molar-refractivity contribution in [3.63, 3.8) is 0 Å². The van der Waals surface area contributed by atoms with Gasteiger partial charge in [0.25, 0.3) is 11.8 Å². The molecule has 0 aliphatic carbocycles. The largest absolute Gasteiger partial charge is 0.326 e.